The summed E-state index contributed by atoms with van der Waals surface area (Å²) < 4.78 is 0. The largest absolute Gasteiger partial charge is 0.370 e. The molecule has 0 aromatic carbocycles. The van der Waals surface area contributed by atoms with Crippen molar-refractivity contribution in [1.82, 2.24) is 9.88 Å². The maximum atomic E-state index is 4.61. The van der Waals surface area contributed by atoms with Gasteiger partial charge in [0.15, 0.2) is 0 Å². The summed E-state index contributed by atoms with van der Waals surface area (Å²) in [5, 5.41) is 3.32. The summed E-state index contributed by atoms with van der Waals surface area (Å²) in [4.78, 5) is 6.95. The second-order valence-corrected chi connectivity index (χ2v) is 4.61. The molecule has 0 aliphatic carbocycles. The van der Waals surface area contributed by atoms with Crippen LogP contribution < -0.4 is 5.32 Å². The van der Waals surface area contributed by atoms with Gasteiger partial charge in [0, 0.05) is 19.1 Å². The predicted octanol–water partition coefficient (Wildman–Crippen LogP) is 3.13. The standard InChI is InChI=1S/C14H25N3/c1-5-10-15-14-9-7-8-13(16-14)11-17(4)12(3)6-2/h7-9,12H,5-6,10-11H2,1-4H3,(H,15,16). The van der Waals surface area contributed by atoms with Crippen LogP contribution in [0, 0.1) is 0 Å². The summed E-state index contributed by atoms with van der Waals surface area (Å²) in [5.74, 6) is 0.988. The molecule has 0 aliphatic rings. The van der Waals surface area contributed by atoms with Crippen molar-refractivity contribution in [1.29, 1.82) is 0 Å². The Morgan fingerprint density at radius 1 is 1.35 bits per heavy atom. The van der Waals surface area contributed by atoms with Gasteiger partial charge in [-0.3, -0.25) is 4.90 Å². The van der Waals surface area contributed by atoms with E-state index in [1.54, 1.807) is 0 Å². The third kappa shape index (κ3) is 4.73. The lowest BCUT2D eigenvalue weighted by Gasteiger charge is -2.23. The number of hydrogen-bond donors (Lipinski definition) is 1. The average molecular weight is 235 g/mol. The number of nitrogens with one attached hydrogen (secondary N) is 1. The van der Waals surface area contributed by atoms with Crippen LogP contribution >= 0.6 is 0 Å². The van der Waals surface area contributed by atoms with E-state index in [1.165, 1.54) is 6.42 Å². The Hall–Kier alpha value is -1.09. The molecule has 0 spiro atoms. The molecular weight excluding hydrogens is 210 g/mol. The van der Waals surface area contributed by atoms with Gasteiger partial charge in [-0.05, 0) is 38.9 Å². The van der Waals surface area contributed by atoms with E-state index < -0.39 is 0 Å². The molecule has 3 heteroatoms. The molecule has 17 heavy (non-hydrogen) atoms. The van der Waals surface area contributed by atoms with Crippen LogP contribution in [0.5, 0.6) is 0 Å². The van der Waals surface area contributed by atoms with Crippen LogP contribution in [0.2, 0.25) is 0 Å². The smallest absolute Gasteiger partial charge is 0.126 e. The van der Waals surface area contributed by atoms with Gasteiger partial charge in [-0.2, -0.15) is 0 Å². The van der Waals surface area contributed by atoms with Gasteiger partial charge in [-0.1, -0.05) is 19.9 Å². The Morgan fingerprint density at radius 3 is 2.76 bits per heavy atom. The summed E-state index contributed by atoms with van der Waals surface area (Å²) in [6.45, 7) is 8.52. The first-order valence-corrected chi connectivity index (χ1v) is 6.57. The average Bonchev–Trinajstić information content (AvgIpc) is 2.35. The molecule has 0 radical (unpaired) electrons. The zero-order chi connectivity index (χ0) is 12.7. The first-order chi connectivity index (χ1) is 8.17. The molecule has 3 nitrogen and oxygen atoms in total. The second-order valence-electron chi connectivity index (χ2n) is 4.61. The summed E-state index contributed by atoms with van der Waals surface area (Å²) in [7, 11) is 2.15. The molecule has 1 heterocycles. The van der Waals surface area contributed by atoms with E-state index in [1.807, 2.05) is 6.07 Å². The molecule has 1 N–H and O–H groups in total. The van der Waals surface area contributed by atoms with E-state index in [0.29, 0.717) is 6.04 Å². The zero-order valence-corrected chi connectivity index (χ0v) is 11.5. The molecule has 1 rings (SSSR count). The topological polar surface area (TPSA) is 28.2 Å². The van der Waals surface area contributed by atoms with Crippen LogP contribution in [0.15, 0.2) is 18.2 Å². The fourth-order valence-electron chi connectivity index (χ4n) is 1.64. The molecular formula is C14H25N3. The van der Waals surface area contributed by atoms with Gasteiger partial charge < -0.3 is 5.32 Å². The highest BCUT2D eigenvalue weighted by Crippen LogP contribution is 2.09. The highest BCUT2D eigenvalue weighted by molar-refractivity contribution is 5.35. The quantitative estimate of drug-likeness (QED) is 0.787. The number of anilines is 1. The fourth-order valence-corrected chi connectivity index (χ4v) is 1.64. The first kappa shape index (κ1) is 14.0. The molecule has 1 aromatic rings. The van der Waals surface area contributed by atoms with Crippen molar-refractivity contribution < 1.29 is 0 Å². The van der Waals surface area contributed by atoms with Crippen LogP contribution in [-0.4, -0.2) is 29.5 Å². The Morgan fingerprint density at radius 2 is 2.12 bits per heavy atom. The minimum absolute atomic E-state index is 0.601. The third-order valence-electron chi connectivity index (χ3n) is 3.12. The summed E-state index contributed by atoms with van der Waals surface area (Å²) in [6.07, 6.45) is 2.29. The van der Waals surface area contributed by atoms with Gasteiger partial charge in [0.25, 0.3) is 0 Å². The van der Waals surface area contributed by atoms with E-state index in [4.69, 9.17) is 0 Å². The summed E-state index contributed by atoms with van der Waals surface area (Å²) in [5.41, 5.74) is 1.13. The molecule has 1 atom stereocenters. The normalized spacial score (nSPS) is 12.8. The number of rotatable bonds is 7. The van der Waals surface area contributed by atoms with Gasteiger partial charge in [0.1, 0.15) is 5.82 Å². The van der Waals surface area contributed by atoms with Crippen LogP contribution in [0.1, 0.15) is 39.3 Å². The van der Waals surface area contributed by atoms with E-state index in [2.05, 4.69) is 55.2 Å². The number of nitrogens with zero attached hydrogens (tertiary/aromatic N) is 2. The molecule has 1 unspecified atom stereocenters. The van der Waals surface area contributed by atoms with Crippen LogP contribution in [0.3, 0.4) is 0 Å². The van der Waals surface area contributed by atoms with Gasteiger partial charge in [-0.15, -0.1) is 0 Å². The Kier molecular flexibility index (Phi) is 5.98. The Labute approximate surface area is 105 Å². The monoisotopic (exact) mass is 235 g/mol. The molecule has 0 bridgehead atoms. The second kappa shape index (κ2) is 7.28. The van der Waals surface area contributed by atoms with Crippen molar-refractivity contribution in [3.05, 3.63) is 23.9 Å². The lowest BCUT2D eigenvalue weighted by molar-refractivity contribution is 0.241. The van der Waals surface area contributed by atoms with Crippen molar-refractivity contribution in [2.75, 3.05) is 18.9 Å². The van der Waals surface area contributed by atoms with Gasteiger partial charge in [-0.25, -0.2) is 4.98 Å². The van der Waals surface area contributed by atoms with Crippen LogP contribution in [0.4, 0.5) is 5.82 Å². The molecule has 0 aliphatic heterocycles. The molecule has 96 valence electrons. The molecule has 0 saturated heterocycles. The lowest BCUT2D eigenvalue weighted by Crippen LogP contribution is -2.28. The first-order valence-electron chi connectivity index (χ1n) is 6.57. The molecule has 0 amide bonds. The third-order valence-corrected chi connectivity index (χ3v) is 3.12. The van der Waals surface area contributed by atoms with E-state index in [9.17, 15) is 0 Å². The van der Waals surface area contributed by atoms with E-state index in [-0.39, 0.29) is 0 Å². The van der Waals surface area contributed by atoms with Gasteiger partial charge in [0.2, 0.25) is 0 Å². The van der Waals surface area contributed by atoms with Crippen molar-refractivity contribution in [3.8, 4) is 0 Å². The predicted molar refractivity (Wildman–Crippen MR) is 74.2 cm³/mol. The highest BCUT2D eigenvalue weighted by atomic mass is 15.1. The maximum Gasteiger partial charge on any atom is 0.126 e. The number of aromatic nitrogens is 1. The Bertz CT molecular complexity index is 325. The van der Waals surface area contributed by atoms with Gasteiger partial charge in [0.05, 0.1) is 5.69 Å². The fraction of sp³-hybridized carbons (Fsp3) is 0.643. The summed E-state index contributed by atoms with van der Waals surface area (Å²) >= 11 is 0. The number of pyridine rings is 1. The van der Waals surface area contributed by atoms with Crippen molar-refractivity contribution in [3.63, 3.8) is 0 Å². The lowest BCUT2D eigenvalue weighted by atomic mass is 10.2. The molecule has 1 aromatic heterocycles. The van der Waals surface area contributed by atoms with Gasteiger partial charge >= 0.3 is 0 Å². The minimum atomic E-state index is 0.601. The maximum absolute atomic E-state index is 4.61. The van der Waals surface area contributed by atoms with Crippen molar-refractivity contribution in [2.45, 2.75) is 46.2 Å². The highest BCUT2D eigenvalue weighted by Gasteiger charge is 2.08. The van der Waals surface area contributed by atoms with Crippen LogP contribution in [0.25, 0.3) is 0 Å². The van der Waals surface area contributed by atoms with E-state index in [0.717, 1.165) is 31.0 Å². The van der Waals surface area contributed by atoms with Crippen molar-refractivity contribution in [2.24, 2.45) is 0 Å². The zero-order valence-electron chi connectivity index (χ0n) is 11.5. The Balaban J connectivity index is 2.58. The van der Waals surface area contributed by atoms with Crippen LogP contribution in [-0.2, 0) is 6.54 Å². The van der Waals surface area contributed by atoms with E-state index >= 15 is 0 Å². The molecule has 0 saturated carbocycles. The number of hydrogen-bond acceptors (Lipinski definition) is 3. The minimum Gasteiger partial charge on any atom is -0.370 e. The summed E-state index contributed by atoms with van der Waals surface area (Å²) in [6, 6.07) is 6.80. The molecule has 0 fully saturated rings. The van der Waals surface area contributed by atoms with Crippen molar-refractivity contribution >= 4 is 5.82 Å². The SMILES string of the molecule is CCCNc1cccc(CN(C)C(C)CC)n1.